The summed E-state index contributed by atoms with van der Waals surface area (Å²) in [6.45, 7) is 7.48. The molecule has 2 aliphatic heterocycles. The lowest BCUT2D eigenvalue weighted by Crippen LogP contribution is -2.44. The van der Waals surface area contributed by atoms with Gasteiger partial charge in [-0.15, -0.1) is 4.40 Å². The predicted molar refractivity (Wildman–Crippen MR) is 93.2 cm³/mol. The van der Waals surface area contributed by atoms with Gasteiger partial charge in [0.15, 0.2) is 6.61 Å². The summed E-state index contributed by atoms with van der Waals surface area (Å²) in [7, 11) is -3.44. The van der Waals surface area contributed by atoms with Gasteiger partial charge in [0.2, 0.25) is 0 Å². The maximum atomic E-state index is 12.2. The van der Waals surface area contributed by atoms with Crippen LogP contribution < -0.4 is 0 Å². The number of rotatable bonds is 5. The van der Waals surface area contributed by atoms with Crippen LogP contribution in [0.4, 0.5) is 0 Å². The fourth-order valence-corrected chi connectivity index (χ4v) is 3.75. The molecule has 2 aliphatic rings. The maximum absolute atomic E-state index is 12.2. The Morgan fingerprint density at radius 2 is 1.88 bits per heavy atom. The van der Waals surface area contributed by atoms with E-state index in [2.05, 4.69) is 4.40 Å². The van der Waals surface area contributed by atoms with Crippen LogP contribution in [0.15, 0.2) is 28.3 Å². The Kier molecular flexibility index (Phi) is 5.66. The lowest BCUT2D eigenvalue weighted by atomic mass is 10.2. The van der Waals surface area contributed by atoms with Crippen molar-refractivity contribution in [1.29, 1.82) is 0 Å². The van der Waals surface area contributed by atoms with E-state index >= 15 is 0 Å². The normalized spacial score (nSPS) is 18.6. The second-order valence-corrected chi connectivity index (χ2v) is 8.17. The van der Waals surface area contributed by atoms with Crippen molar-refractivity contribution in [3.8, 4) is 0 Å². The molecule has 0 radical (unpaired) electrons. The zero-order valence-corrected chi connectivity index (χ0v) is 15.6. The van der Waals surface area contributed by atoms with Crippen LogP contribution >= 0.6 is 0 Å². The largest absolute Gasteiger partial charge is 0.452 e. The number of amides is 1. The molecule has 1 amide bonds. The Bertz CT molecular complexity index is 742. The van der Waals surface area contributed by atoms with Gasteiger partial charge in [0.05, 0.1) is 11.3 Å². The second kappa shape index (κ2) is 7.38. The number of amidine groups is 1. The molecule has 2 rings (SSSR count). The van der Waals surface area contributed by atoms with Crippen LogP contribution in [0.5, 0.6) is 0 Å². The molecule has 0 aliphatic carbocycles. The molecule has 0 spiro atoms. The fraction of sp³-hybridized carbons (Fsp3) is 0.562. The number of carbonyl (C=O) groups excluding carboxylic acids is 2. The summed E-state index contributed by atoms with van der Waals surface area (Å²) in [4.78, 5) is 27.6. The lowest BCUT2D eigenvalue weighted by Gasteiger charge is -2.30. The van der Waals surface area contributed by atoms with Crippen molar-refractivity contribution in [1.82, 2.24) is 9.80 Å². The molecule has 0 N–H and O–H groups in total. The Hall–Kier alpha value is -2.16. The van der Waals surface area contributed by atoms with Gasteiger partial charge in [-0.05, 0) is 39.8 Å². The summed E-state index contributed by atoms with van der Waals surface area (Å²) in [5.74, 6) is -0.737. The summed E-state index contributed by atoms with van der Waals surface area (Å²) >= 11 is 0. The molecule has 8 nitrogen and oxygen atoms in total. The Morgan fingerprint density at radius 1 is 1.24 bits per heavy atom. The van der Waals surface area contributed by atoms with E-state index in [4.69, 9.17) is 4.74 Å². The highest BCUT2D eigenvalue weighted by Crippen LogP contribution is 2.16. The first-order chi connectivity index (χ1) is 11.6. The molecule has 138 valence electrons. The van der Waals surface area contributed by atoms with Crippen molar-refractivity contribution >= 4 is 27.7 Å². The number of nitrogens with zero attached hydrogens (tertiary/aromatic N) is 3. The molecule has 2 heterocycles. The third-order valence-corrected chi connectivity index (χ3v) is 4.95. The second-order valence-electron chi connectivity index (χ2n) is 6.41. The van der Waals surface area contributed by atoms with Crippen LogP contribution in [0.25, 0.3) is 0 Å². The number of hydrogen-bond acceptors (Lipinski definition) is 6. The van der Waals surface area contributed by atoms with Gasteiger partial charge in [-0.25, -0.2) is 13.2 Å². The number of sulfonamides is 1. The fourth-order valence-electron chi connectivity index (χ4n) is 2.78. The van der Waals surface area contributed by atoms with Crippen LogP contribution in [0.2, 0.25) is 0 Å². The maximum Gasteiger partial charge on any atom is 0.340 e. The molecule has 9 heteroatoms. The van der Waals surface area contributed by atoms with E-state index in [9.17, 15) is 18.0 Å². The number of hydrogen-bond donors (Lipinski definition) is 0. The third kappa shape index (κ3) is 4.68. The van der Waals surface area contributed by atoms with Crippen LogP contribution in [0, 0.1) is 0 Å². The van der Waals surface area contributed by atoms with Crippen molar-refractivity contribution in [3.05, 3.63) is 23.9 Å². The van der Waals surface area contributed by atoms with Crippen molar-refractivity contribution in [3.63, 3.8) is 0 Å². The SMILES string of the molecule is CC(C)N(C(=O)COC(=O)C1=CN2CCS(=O)(=O)N=C2C=C1)C(C)C. The number of ether oxygens (including phenoxy) is 1. The van der Waals surface area contributed by atoms with E-state index in [1.165, 1.54) is 18.4 Å². The minimum absolute atomic E-state index is 0.00839. The molecule has 0 aromatic carbocycles. The first-order valence-electron chi connectivity index (χ1n) is 8.08. The van der Waals surface area contributed by atoms with Crippen LogP contribution in [0.1, 0.15) is 27.7 Å². The molecule has 0 saturated carbocycles. The van der Waals surface area contributed by atoms with Crippen molar-refractivity contribution in [2.24, 2.45) is 4.40 Å². The average molecular weight is 369 g/mol. The van der Waals surface area contributed by atoms with E-state index in [0.29, 0.717) is 0 Å². The Balaban J connectivity index is 2.00. The van der Waals surface area contributed by atoms with Gasteiger partial charge in [-0.1, -0.05) is 0 Å². The molecule has 0 atom stereocenters. The van der Waals surface area contributed by atoms with E-state index < -0.39 is 16.0 Å². The zero-order chi connectivity index (χ0) is 18.8. The minimum Gasteiger partial charge on any atom is -0.452 e. The number of fused-ring (bicyclic) bond motifs is 1. The molecular weight excluding hydrogens is 346 g/mol. The van der Waals surface area contributed by atoms with E-state index in [0.717, 1.165) is 0 Å². The van der Waals surface area contributed by atoms with Gasteiger partial charge in [0, 0.05) is 24.8 Å². The van der Waals surface area contributed by atoms with Gasteiger partial charge in [0.25, 0.3) is 15.9 Å². The summed E-state index contributed by atoms with van der Waals surface area (Å²) in [5.41, 5.74) is 0.242. The van der Waals surface area contributed by atoms with E-state index in [1.54, 1.807) is 9.80 Å². The van der Waals surface area contributed by atoms with Gasteiger partial charge in [0.1, 0.15) is 5.84 Å². The van der Waals surface area contributed by atoms with E-state index in [1.807, 2.05) is 27.7 Å². The van der Waals surface area contributed by atoms with Crippen LogP contribution in [0.3, 0.4) is 0 Å². The standard InChI is InChI=1S/C16H23N3O5S/c1-11(2)19(12(3)4)15(20)10-24-16(21)13-5-6-14-17-25(22,23)8-7-18(14)9-13/h5-6,9,11-12H,7-8,10H2,1-4H3. The Morgan fingerprint density at radius 3 is 2.48 bits per heavy atom. The smallest absolute Gasteiger partial charge is 0.340 e. The van der Waals surface area contributed by atoms with E-state index in [-0.39, 0.29) is 48.3 Å². The summed E-state index contributed by atoms with van der Waals surface area (Å²) in [6.07, 6.45) is 4.37. The number of carbonyl (C=O) groups is 2. The first-order valence-corrected chi connectivity index (χ1v) is 9.69. The van der Waals surface area contributed by atoms with Crippen LogP contribution in [-0.2, 0) is 24.3 Å². The van der Waals surface area contributed by atoms with Crippen molar-refractivity contribution in [2.45, 2.75) is 39.8 Å². The molecule has 0 fully saturated rings. The average Bonchev–Trinajstić information content (AvgIpc) is 2.50. The van der Waals surface area contributed by atoms with Crippen molar-refractivity contribution in [2.75, 3.05) is 18.9 Å². The Labute approximate surface area is 147 Å². The molecule has 0 unspecified atom stereocenters. The monoisotopic (exact) mass is 369 g/mol. The van der Waals surface area contributed by atoms with Gasteiger partial charge in [-0.3, -0.25) is 4.79 Å². The summed E-state index contributed by atoms with van der Waals surface area (Å²) in [6, 6.07) is 0.0168. The molecule has 25 heavy (non-hydrogen) atoms. The van der Waals surface area contributed by atoms with Crippen LogP contribution in [-0.4, -0.2) is 66.9 Å². The number of esters is 1. The first kappa shape index (κ1) is 19.2. The zero-order valence-electron chi connectivity index (χ0n) is 14.8. The molecule has 0 aromatic heterocycles. The minimum atomic E-state index is -3.44. The highest BCUT2D eigenvalue weighted by atomic mass is 32.2. The van der Waals surface area contributed by atoms with Crippen molar-refractivity contribution < 1.29 is 22.7 Å². The lowest BCUT2D eigenvalue weighted by molar-refractivity contribution is -0.150. The molecule has 0 saturated heterocycles. The summed E-state index contributed by atoms with van der Waals surface area (Å²) in [5, 5.41) is 0. The molecule has 0 aromatic rings. The predicted octanol–water partition coefficient (Wildman–Crippen LogP) is 0.673. The van der Waals surface area contributed by atoms with Gasteiger partial charge >= 0.3 is 5.97 Å². The third-order valence-electron chi connectivity index (χ3n) is 3.79. The molecule has 0 bridgehead atoms. The van der Waals surface area contributed by atoms with Gasteiger partial charge in [-0.2, -0.15) is 0 Å². The van der Waals surface area contributed by atoms with Gasteiger partial charge < -0.3 is 14.5 Å². The summed E-state index contributed by atoms with van der Waals surface area (Å²) < 4.78 is 31.7. The highest BCUT2D eigenvalue weighted by molar-refractivity contribution is 7.90. The topological polar surface area (TPSA) is 96.4 Å². The highest BCUT2D eigenvalue weighted by Gasteiger charge is 2.26. The molecular formula is C16H23N3O5S. The quantitative estimate of drug-likeness (QED) is 0.661.